The van der Waals surface area contributed by atoms with Crippen molar-refractivity contribution in [2.75, 3.05) is 16.9 Å². The maximum atomic E-state index is 12.4. The van der Waals surface area contributed by atoms with E-state index in [0.717, 1.165) is 30.7 Å². The molecule has 0 bridgehead atoms. The molecular formula is C11H16N4O4S2. The second-order valence-electron chi connectivity index (χ2n) is 4.62. The van der Waals surface area contributed by atoms with Gasteiger partial charge in [0.2, 0.25) is 10.0 Å². The van der Waals surface area contributed by atoms with Gasteiger partial charge in [-0.05, 0) is 30.7 Å². The molecule has 0 radical (unpaired) electrons. The lowest BCUT2D eigenvalue weighted by molar-refractivity contribution is -0.387. The van der Waals surface area contributed by atoms with E-state index in [1.807, 2.05) is 0 Å². The molecule has 1 aliphatic rings. The van der Waals surface area contributed by atoms with Crippen LogP contribution in [0.3, 0.4) is 0 Å². The van der Waals surface area contributed by atoms with Crippen molar-refractivity contribution >= 4 is 33.2 Å². The minimum Gasteiger partial charge on any atom is -0.324 e. The third-order valence-electron chi connectivity index (χ3n) is 3.09. The van der Waals surface area contributed by atoms with Gasteiger partial charge in [0.1, 0.15) is 0 Å². The summed E-state index contributed by atoms with van der Waals surface area (Å²) in [5.74, 6) is 6.91. The Morgan fingerprint density at radius 3 is 2.76 bits per heavy atom. The fraction of sp³-hybridized carbons (Fsp3) is 0.455. The van der Waals surface area contributed by atoms with Crippen molar-refractivity contribution in [2.24, 2.45) is 5.84 Å². The first-order valence-corrected chi connectivity index (χ1v) is 8.93. The highest BCUT2D eigenvalue weighted by molar-refractivity contribution is 7.99. The van der Waals surface area contributed by atoms with Gasteiger partial charge in [-0.3, -0.25) is 16.0 Å². The van der Waals surface area contributed by atoms with Crippen LogP contribution in [-0.2, 0) is 10.0 Å². The van der Waals surface area contributed by atoms with Crippen molar-refractivity contribution in [3.63, 3.8) is 0 Å². The Balaban J connectivity index is 2.35. The number of hydrogen-bond donors (Lipinski definition) is 3. The number of rotatable bonds is 5. The smallest absolute Gasteiger partial charge is 0.289 e. The summed E-state index contributed by atoms with van der Waals surface area (Å²) in [6.07, 6.45) is 1.65. The number of nitrogens with two attached hydrogens (primary N) is 1. The summed E-state index contributed by atoms with van der Waals surface area (Å²) in [5.41, 5.74) is 2.11. The van der Waals surface area contributed by atoms with Crippen molar-refractivity contribution in [1.29, 1.82) is 0 Å². The Morgan fingerprint density at radius 2 is 2.19 bits per heavy atom. The third-order valence-corrected chi connectivity index (χ3v) is 5.86. The van der Waals surface area contributed by atoms with Gasteiger partial charge in [-0.2, -0.15) is 11.8 Å². The summed E-state index contributed by atoms with van der Waals surface area (Å²) in [6, 6.07) is 3.44. The maximum Gasteiger partial charge on any atom is 0.289 e. The fourth-order valence-electron chi connectivity index (χ4n) is 2.09. The number of sulfonamides is 1. The van der Waals surface area contributed by atoms with Crippen molar-refractivity contribution < 1.29 is 13.3 Å². The topological polar surface area (TPSA) is 127 Å². The first-order valence-electron chi connectivity index (χ1n) is 6.29. The molecule has 0 saturated carbocycles. The van der Waals surface area contributed by atoms with Gasteiger partial charge >= 0.3 is 0 Å². The molecule has 1 aliphatic heterocycles. The van der Waals surface area contributed by atoms with Crippen LogP contribution in [0.2, 0.25) is 0 Å². The highest BCUT2D eigenvalue weighted by Crippen LogP contribution is 2.28. The number of nitro benzene ring substituents is 1. The average Bonchev–Trinajstić information content (AvgIpc) is 2.47. The molecule has 0 aromatic heterocycles. The Hall–Kier alpha value is -1.36. The zero-order valence-corrected chi connectivity index (χ0v) is 12.7. The number of hydrazine groups is 1. The lowest BCUT2D eigenvalue weighted by Gasteiger charge is -2.22. The summed E-state index contributed by atoms with van der Waals surface area (Å²) in [5, 5.41) is 11.0. The molecule has 0 amide bonds. The standard InChI is InChI=1S/C11H16N4O4S2/c12-13-8-3-4-10(15(16)17)11(6-8)21(18,19)14-9-2-1-5-20-7-9/h3-4,6,9,13-14H,1-2,5,7,12H2. The minimum atomic E-state index is -3.97. The van der Waals surface area contributed by atoms with E-state index in [2.05, 4.69) is 10.1 Å². The predicted molar refractivity (Wildman–Crippen MR) is 81.6 cm³/mol. The molecule has 1 unspecified atom stereocenters. The van der Waals surface area contributed by atoms with Gasteiger partial charge in [0, 0.05) is 17.9 Å². The Kier molecular flexibility index (Phi) is 5.04. The van der Waals surface area contributed by atoms with Crippen molar-refractivity contribution in [1.82, 2.24) is 4.72 Å². The fourth-order valence-corrected chi connectivity index (χ4v) is 4.73. The second-order valence-corrected chi connectivity index (χ2v) is 7.45. The molecule has 1 heterocycles. The van der Waals surface area contributed by atoms with Crippen molar-refractivity contribution in [3.05, 3.63) is 28.3 Å². The number of nitrogens with one attached hydrogen (secondary N) is 2. The number of nitrogen functional groups attached to an aromatic ring is 1. The van der Waals surface area contributed by atoms with E-state index in [0.29, 0.717) is 11.4 Å². The van der Waals surface area contributed by atoms with Crippen LogP contribution in [0, 0.1) is 10.1 Å². The SMILES string of the molecule is NNc1ccc([N+](=O)[O-])c(S(=O)(=O)NC2CCCSC2)c1. The Morgan fingerprint density at radius 1 is 1.43 bits per heavy atom. The number of nitrogens with zero attached hydrogens (tertiary/aromatic N) is 1. The van der Waals surface area contributed by atoms with Crippen LogP contribution in [0.5, 0.6) is 0 Å². The van der Waals surface area contributed by atoms with E-state index in [-0.39, 0.29) is 10.9 Å². The van der Waals surface area contributed by atoms with Crippen LogP contribution >= 0.6 is 11.8 Å². The molecule has 0 aliphatic carbocycles. The van der Waals surface area contributed by atoms with Gasteiger partial charge in [0.15, 0.2) is 4.90 Å². The van der Waals surface area contributed by atoms with Gasteiger partial charge < -0.3 is 5.43 Å². The predicted octanol–water partition coefficient (Wildman–Crippen LogP) is 1.05. The van der Waals surface area contributed by atoms with E-state index in [9.17, 15) is 18.5 Å². The second kappa shape index (κ2) is 6.60. The molecule has 1 aromatic carbocycles. The first kappa shape index (κ1) is 16.0. The Bertz CT molecular complexity index is 629. The zero-order chi connectivity index (χ0) is 15.5. The molecule has 21 heavy (non-hydrogen) atoms. The van der Waals surface area contributed by atoms with E-state index in [4.69, 9.17) is 5.84 Å². The van der Waals surface area contributed by atoms with Crippen LogP contribution in [0.15, 0.2) is 23.1 Å². The molecule has 1 aromatic rings. The molecule has 2 rings (SSSR count). The number of hydrogen-bond acceptors (Lipinski definition) is 7. The van der Waals surface area contributed by atoms with Gasteiger partial charge in [0.25, 0.3) is 5.69 Å². The molecule has 8 nitrogen and oxygen atoms in total. The highest BCUT2D eigenvalue weighted by atomic mass is 32.2. The molecule has 0 spiro atoms. The summed E-state index contributed by atoms with van der Waals surface area (Å²) in [6.45, 7) is 0. The molecule has 10 heteroatoms. The quantitative estimate of drug-likeness (QED) is 0.418. The maximum absolute atomic E-state index is 12.4. The summed E-state index contributed by atoms with van der Waals surface area (Å²) < 4.78 is 27.3. The number of benzene rings is 1. The number of anilines is 1. The minimum absolute atomic E-state index is 0.206. The van der Waals surface area contributed by atoms with E-state index >= 15 is 0 Å². The van der Waals surface area contributed by atoms with Crippen LogP contribution < -0.4 is 16.0 Å². The van der Waals surface area contributed by atoms with E-state index in [1.165, 1.54) is 6.07 Å². The molecule has 1 atom stereocenters. The molecular weight excluding hydrogens is 316 g/mol. The van der Waals surface area contributed by atoms with Gasteiger partial charge in [-0.25, -0.2) is 13.1 Å². The van der Waals surface area contributed by atoms with Crippen LogP contribution in [0.4, 0.5) is 11.4 Å². The normalized spacial score (nSPS) is 19.2. The number of thioether (sulfide) groups is 1. The van der Waals surface area contributed by atoms with Crippen LogP contribution in [-0.4, -0.2) is 30.9 Å². The monoisotopic (exact) mass is 332 g/mol. The van der Waals surface area contributed by atoms with Crippen molar-refractivity contribution in [2.45, 2.75) is 23.8 Å². The highest BCUT2D eigenvalue weighted by Gasteiger charge is 2.29. The summed E-state index contributed by atoms with van der Waals surface area (Å²) >= 11 is 1.66. The molecule has 4 N–H and O–H groups in total. The number of nitro groups is 1. The third kappa shape index (κ3) is 3.84. The first-order chi connectivity index (χ1) is 9.94. The lowest BCUT2D eigenvalue weighted by atomic mass is 10.2. The van der Waals surface area contributed by atoms with Crippen LogP contribution in [0.1, 0.15) is 12.8 Å². The average molecular weight is 332 g/mol. The van der Waals surface area contributed by atoms with Gasteiger partial charge in [-0.1, -0.05) is 0 Å². The molecule has 116 valence electrons. The van der Waals surface area contributed by atoms with E-state index < -0.39 is 20.6 Å². The lowest BCUT2D eigenvalue weighted by Crippen LogP contribution is -2.38. The largest absolute Gasteiger partial charge is 0.324 e. The molecule has 1 saturated heterocycles. The Labute approximate surface area is 126 Å². The molecule has 1 fully saturated rings. The zero-order valence-electron chi connectivity index (χ0n) is 11.1. The van der Waals surface area contributed by atoms with Crippen LogP contribution in [0.25, 0.3) is 0 Å². The van der Waals surface area contributed by atoms with Crippen molar-refractivity contribution in [3.8, 4) is 0 Å². The van der Waals surface area contributed by atoms with Gasteiger partial charge in [0.05, 0.1) is 10.6 Å². The summed E-state index contributed by atoms with van der Waals surface area (Å²) in [7, 11) is -3.97. The van der Waals surface area contributed by atoms with Gasteiger partial charge in [-0.15, -0.1) is 0 Å². The van der Waals surface area contributed by atoms with E-state index in [1.54, 1.807) is 11.8 Å². The summed E-state index contributed by atoms with van der Waals surface area (Å²) in [4.78, 5) is 9.92.